The molecule has 1 heterocycles. The minimum Gasteiger partial charge on any atom is -0.347 e. The number of benzene rings is 1. The van der Waals surface area contributed by atoms with E-state index in [4.69, 9.17) is 5.73 Å². The predicted octanol–water partition coefficient (Wildman–Crippen LogP) is 2.41. The van der Waals surface area contributed by atoms with Gasteiger partial charge in [-0.2, -0.15) is 0 Å². The zero-order valence-electron chi connectivity index (χ0n) is 9.87. The van der Waals surface area contributed by atoms with E-state index >= 15 is 0 Å². The summed E-state index contributed by atoms with van der Waals surface area (Å²) < 4.78 is 0. The third-order valence-corrected chi connectivity index (χ3v) is 3.54. The first kappa shape index (κ1) is 10.5. The van der Waals surface area contributed by atoms with Crippen molar-refractivity contribution in [2.24, 2.45) is 5.73 Å². The number of fused-ring (bicyclic) bond motifs is 1. The van der Waals surface area contributed by atoms with Crippen molar-refractivity contribution in [2.75, 3.05) is 0 Å². The number of nitrogens with one attached hydrogen (secondary N) is 1. The van der Waals surface area contributed by atoms with Crippen molar-refractivity contribution in [2.45, 2.75) is 32.2 Å². The van der Waals surface area contributed by atoms with Crippen LogP contribution in [-0.2, 0) is 19.4 Å². The van der Waals surface area contributed by atoms with Crippen molar-refractivity contribution in [3.05, 3.63) is 41.3 Å². The van der Waals surface area contributed by atoms with Crippen LogP contribution >= 0.6 is 0 Å². The molecular weight excluding hydrogens is 210 g/mol. The molecule has 3 nitrogen and oxygen atoms in total. The Morgan fingerprint density at radius 2 is 2.00 bits per heavy atom. The Kier molecular flexibility index (Phi) is 2.69. The van der Waals surface area contributed by atoms with Gasteiger partial charge in [0.05, 0.1) is 17.7 Å². The third kappa shape index (κ3) is 1.87. The second-order valence-corrected chi connectivity index (χ2v) is 4.62. The summed E-state index contributed by atoms with van der Waals surface area (Å²) in [5.74, 6) is 0. The Balaban J connectivity index is 2.04. The van der Waals surface area contributed by atoms with Gasteiger partial charge >= 0.3 is 0 Å². The Hall–Kier alpha value is -1.61. The molecule has 0 aliphatic heterocycles. The normalized spacial score (nSPS) is 14.6. The molecule has 0 amide bonds. The highest BCUT2D eigenvalue weighted by molar-refractivity contribution is 5.63. The summed E-state index contributed by atoms with van der Waals surface area (Å²) in [6, 6.07) is 6.70. The maximum absolute atomic E-state index is 5.70. The van der Waals surface area contributed by atoms with E-state index in [9.17, 15) is 0 Å². The van der Waals surface area contributed by atoms with E-state index in [-0.39, 0.29) is 0 Å². The molecule has 0 radical (unpaired) electrons. The maximum atomic E-state index is 5.70. The molecule has 0 fully saturated rings. The number of aromatic nitrogens is 2. The molecule has 0 atom stereocenters. The highest BCUT2D eigenvalue weighted by atomic mass is 14.9. The van der Waals surface area contributed by atoms with Crippen molar-refractivity contribution in [3.63, 3.8) is 0 Å². The average molecular weight is 227 g/mol. The molecule has 0 bridgehead atoms. The van der Waals surface area contributed by atoms with Crippen molar-refractivity contribution in [1.29, 1.82) is 0 Å². The van der Waals surface area contributed by atoms with Gasteiger partial charge in [0, 0.05) is 12.1 Å². The lowest BCUT2D eigenvalue weighted by molar-refractivity contribution is 0.686. The van der Waals surface area contributed by atoms with Gasteiger partial charge in [-0.3, -0.25) is 0 Å². The van der Waals surface area contributed by atoms with Crippen LogP contribution in [0.4, 0.5) is 0 Å². The zero-order valence-corrected chi connectivity index (χ0v) is 9.87. The standard InChI is InChI=1S/C14H17N3/c15-8-13-14(17-9-16-13)12-6-5-10-3-1-2-4-11(10)7-12/h5-7,9H,1-4,8,15H2,(H,16,17). The first-order valence-corrected chi connectivity index (χ1v) is 6.23. The Labute approximate surface area is 101 Å². The maximum Gasteiger partial charge on any atom is 0.0929 e. The summed E-state index contributed by atoms with van der Waals surface area (Å²) in [6.45, 7) is 0.506. The predicted molar refractivity (Wildman–Crippen MR) is 68.6 cm³/mol. The number of imidazole rings is 1. The van der Waals surface area contributed by atoms with Crippen molar-refractivity contribution >= 4 is 0 Å². The first-order valence-electron chi connectivity index (χ1n) is 6.23. The molecule has 3 heteroatoms. The third-order valence-electron chi connectivity index (χ3n) is 3.54. The fourth-order valence-electron chi connectivity index (χ4n) is 2.61. The number of aryl methyl sites for hydroxylation is 2. The number of aromatic amines is 1. The molecule has 0 saturated heterocycles. The quantitative estimate of drug-likeness (QED) is 0.827. The first-order chi connectivity index (χ1) is 8.38. The topological polar surface area (TPSA) is 54.7 Å². The summed E-state index contributed by atoms with van der Waals surface area (Å²) in [7, 11) is 0. The Morgan fingerprint density at radius 3 is 2.82 bits per heavy atom. The Morgan fingerprint density at radius 1 is 1.18 bits per heavy atom. The van der Waals surface area contributed by atoms with Gasteiger partial charge < -0.3 is 10.7 Å². The fraction of sp³-hybridized carbons (Fsp3) is 0.357. The fourth-order valence-corrected chi connectivity index (χ4v) is 2.61. The van der Waals surface area contributed by atoms with E-state index in [1.54, 1.807) is 6.33 Å². The lowest BCUT2D eigenvalue weighted by Crippen LogP contribution is -2.03. The monoisotopic (exact) mass is 227 g/mol. The van der Waals surface area contributed by atoms with Gasteiger partial charge in [0.1, 0.15) is 0 Å². The molecule has 0 unspecified atom stereocenters. The summed E-state index contributed by atoms with van der Waals surface area (Å²) >= 11 is 0. The van der Waals surface area contributed by atoms with Gasteiger partial charge in [0.2, 0.25) is 0 Å². The van der Waals surface area contributed by atoms with Crippen molar-refractivity contribution in [1.82, 2.24) is 9.97 Å². The molecule has 1 aliphatic rings. The molecule has 2 aromatic rings. The molecule has 1 aliphatic carbocycles. The molecular formula is C14H17N3. The van der Waals surface area contributed by atoms with Crippen molar-refractivity contribution < 1.29 is 0 Å². The van der Waals surface area contributed by atoms with Gasteiger partial charge in [-0.1, -0.05) is 12.1 Å². The van der Waals surface area contributed by atoms with Gasteiger partial charge in [-0.25, -0.2) is 4.98 Å². The van der Waals surface area contributed by atoms with Gasteiger partial charge in [0.15, 0.2) is 0 Å². The zero-order chi connectivity index (χ0) is 11.7. The largest absolute Gasteiger partial charge is 0.347 e. The average Bonchev–Trinajstić information content (AvgIpc) is 2.86. The second kappa shape index (κ2) is 4.34. The SMILES string of the molecule is NCc1[nH]cnc1-c1ccc2c(c1)CCCC2. The minimum atomic E-state index is 0.506. The van der Waals surface area contributed by atoms with Crippen LogP contribution in [0.3, 0.4) is 0 Å². The highest BCUT2D eigenvalue weighted by Crippen LogP contribution is 2.27. The van der Waals surface area contributed by atoms with E-state index in [1.807, 2.05) is 0 Å². The molecule has 0 saturated carbocycles. The van der Waals surface area contributed by atoms with E-state index < -0.39 is 0 Å². The summed E-state index contributed by atoms with van der Waals surface area (Å²) in [6.07, 6.45) is 6.77. The number of H-pyrrole nitrogens is 1. The second-order valence-electron chi connectivity index (χ2n) is 4.62. The molecule has 3 rings (SSSR count). The van der Waals surface area contributed by atoms with Crippen LogP contribution in [0, 0.1) is 0 Å². The van der Waals surface area contributed by atoms with Gasteiger partial charge in [-0.05, 0) is 42.9 Å². The highest BCUT2D eigenvalue weighted by Gasteiger charge is 2.12. The number of hydrogen-bond acceptors (Lipinski definition) is 2. The van der Waals surface area contributed by atoms with Crippen molar-refractivity contribution in [3.8, 4) is 11.3 Å². The van der Waals surface area contributed by atoms with Crippen LogP contribution in [0.5, 0.6) is 0 Å². The Bertz CT molecular complexity index is 528. The molecule has 0 spiro atoms. The van der Waals surface area contributed by atoms with Crippen LogP contribution in [0.1, 0.15) is 29.7 Å². The smallest absolute Gasteiger partial charge is 0.0929 e. The van der Waals surface area contributed by atoms with Gasteiger partial charge in [-0.15, -0.1) is 0 Å². The lowest BCUT2D eigenvalue weighted by atomic mass is 9.90. The van der Waals surface area contributed by atoms with Crippen LogP contribution < -0.4 is 5.73 Å². The number of nitrogens with zero attached hydrogens (tertiary/aromatic N) is 1. The number of nitrogens with two attached hydrogens (primary N) is 1. The summed E-state index contributed by atoms with van der Waals surface area (Å²) in [5, 5.41) is 0. The van der Waals surface area contributed by atoms with Crippen LogP contribution in [0.2, 0.25) is 0 Å². The van der Waals surface area contributed by atoms with E-state index in [1.165, 1.54) is 42.4 Å². The molecule has 1 aromatic carbocycles. The van der Waals surface area contributed by atoms with Crippen LogP contribution in [0.25, 0.3) is 11.3 Å². The van der Waals surface area contributed by atoms with Gasteiger partial charge in [0.25, 0.3) is 0 Å². The molecule has 3 N–H and O–H groups in total. The number of hydrogen-bond donors (Lipinski definition) is 2. The summed E-state index contributed by atoms with van der Waals surface area (Å²) in [4.78, 5) is 7.47. The molecule has 17 heavy (non-hydrogen) atoms. The molecule has 88 valence electrons. The van der Waals surface area contributed by atoms with E-state index in [2.05, 4.69) is 28.2 Å². The molecule has 1 aromatic heterocycles. The number of rotatable bonds is 2. The van der Waals surface area contributed by atoms with E-state index in [0.717, 1.165) is 11.4 Å². The lowest BCUT2D eigenvalue weighted by Gasteiger charge is -2.16. The minimum absolute atomic E-state index is 0.506. The van der Waals surface area contributed by atoms with Crippen LogP contribution in [0.15, 0.2) is 24.5 Å². The van der Waals surface area contributed by atoms with Crippen LogP contribution in [-0.4, -0.2) is 9.97 Å². The summed E-state index contributed by atoms with van der Waals surface area (Å²) in [5.41, 5.74) is 11.9. The van der Waals surface area contributed by atoms with E-state index in [0.29, 0.717) is 6.54 Å².